The number of rotatable bonds is 5. The summed E-state index contributed by atoms with van der Waals surface area (Å²) in [6, 6.07) is 0. The maximum Gasteiger partial charge on any atom is 0.214 e. The van der Waals surface area contributed by atoms with Crippen LogP contribution in [0.5, 0.6) is 0 Å². The van der Waals surface area contributed by atoms with Gasteiger partial charge < -0.3 is 10.9 Å². The highest BCUT2D eigenvalue weighted by Gasteiger charge is 2.38. The zero-order valence-electron chi connectivity index (χ0n) is 12.1. The molecule has 2 fully saturated rings. The lowest BCUT2D eigenvalue weighted by molar-refractivity contribution is 0.119. The van der Waals surface area contributed by atoms with Gasteiger partial charge in [-0.15, -0.1) is 0 Å². The Balaban J connectivity index is 1.95. The van der Waals surface area contributed by atoms with Crippen LogP contribution >= 0.6 is 0 Å². The maximum absolute atomic E-state index is 12.2. The number of sulfonamides is 1. The van der Waals surface area contributed by atoms with E-state index in [1.165, 1.54) is 0 Å². The van der Waals surface area contributed by atoms with Gasteiger partial charge in [-0.25, -0.2) is 8.42 Å². The van der Waals surface area contributed by atoms with E-state index in [-0.39, 0.29) is 11.6 Å². The average molecular weight is 304 g/mol. The molecule has 8 heteroatoms. The van der Waals surface area contributed by atoms with Crippen molar-refractivity contribution in [1.29, 1.82) is 0 Å². The monoisotopic (exact) mass is 304 g/mol. The van der Waals surface area contributed by atoms with E-state index in [4.69, 9.17) is 10.9 Å². The molecule has 0 bridgehead atoms. The summed E-state index contributed by atoms with van der Waals surface area (Å²) in [5.74, 6) is 0.801. The normalized spacial score (nSPS) is 24.0. The van der Waals surface area contributed by atoms with Crippen LogP contribution in [0.25, 0.3) is 0 Å². The Labute approximate surface area is 120 Å². The number of hydrogen-bond acceptors (Lipinski definition) is 5. The molecule has 116 valence electrons. The van der Waals surface area contributed by atoms with E-state index in [9.17, 15) is 8.42 Å². The van der Waals surface area contributed by atoms with Crippen LogP contribution in [0, 0.1) is 5.92 Å². The molecule has 1 saturated heterocycles. The quantitative estimate of drug-likeness (QED) is 0.319. The summed E-state index contributed by atoms with van der Waals surface area (Å²) >= 11 is 0. The first-order valence-corrected chi connectivity index (χ1v) is 8.59. The second-order valence-corrected chi connectivity index (χ2v) is 8.17. The minimum absolute atomic E-state index is 0.145. The molecule has 0 aromatic carbocycles. The van der Waals surface area contributed by atoms with Gasteiger partial charge in [-0.1, -0.05) is 5.16 Å². The van der Waals surface area contributed by atoms with Crippen molar-refractivity contribution in [2.45, 2.75) is 32.2 Å². The Morgan fingerprint density at radius 3 is 2.30 bits per heavy atom. The molecular weight excluding hydrogens is 280 g/mol. The van der Waals surface area contributed by atoms with Gasteiger partial charge >= 0.3 is 0 Å². The Hall–Kier alpha value is -0.860. The predicted octanol–water partition coefficient (Wildman–Crippen LogP) is -0.131. The van der Waals surface area contributed by atoms with Crippen molar-refractivity contribution < 1.29 is 13.6 Å². The van der Waals surface area contributed by atoms with Crippen LogP contribution in [0.3, 0.4) is 0 Å². The molecule has 0 atom stereocenters. The molecule has 2 aliphatic rings. The summed E-state index contributed by atoms with van der Waals surface area (Å²) in [4.78, 5) is 2.05. The lowest BCUT2D eigenvalue weighted by Gasteiger charge is -2.42. The first kappa shape index (κ1) is 15.5. The summed E-state index contributed by atoms with van der Waals surface area (Å²) in [6.07, 6.45) is 2.07. The number of nitrogens with two attached hydrogens (primary N) is 1. The van der Waals surface area contributed by atoms with Crippen LogP contribution in [-0.2, 0) is 10.0 Å². The number of oxime groups is 1. The molecule has 0 amide bonds. The molecule has 20 heavy (non-hydrogen) atoms. The fraction of sp³-hybridized carbons (Fsp3) is 0.917. The van der Waals surface area contributed by atoms with Crippen molar-refractivity contribution >= 4 is 15.9 Å². The van der Waals surface area contributed by atoms with Crippen molar-refractivity contribution in [2.24, 2.45) is 16.8 Å². The predicted molar refractivity (Wildman–Crippen MR) is 77.1 cm³/mol. The van der Waals surface area contributed by atoms with Crippen LogP contribution in [0.4, 0.5) is 0 Å². The van der Waals surface area contributed by atoms with Gasteiger partial charge in [0.25, 0.3) is 0 Å². The van der Waals surface area contributed by atoms with Gasteiger partial charge in [0, 0.05) is 26.2 Å². The highest BCUT2D eigenvalue weighted by molar-refractivity contribution is 7.89. The van der Waals surface area contributed by atoms with Gasteiger partial charge in [-0.2, -0.15) is 4.31 Å². The highest BCUT2D eigenvalue weighted by Crippen LogP contribution is 2.31. The standard InChI is InChI=1S/C12H24N4O3S/c1-12(2,11(13)14-17)15-5-7-16(8-6-15)20(18,19)9-10-3-4-10/h10,17H,3-9H2,1-2H3,(H2,13,14). The molecule has 0 aromatic rings. The second-order valence-electron chi connectivity index (χ2n) is 6.15. The van der Waals surface area contributed by atoms with E-state index in [0.717, 1.165) is 12.8 Å². The van der Waals surface area contributed by atoms with Crippen molar-refractivity contribution in [3.63, 3.8) is 0 Å². The summed E-state index contributed by atoms with van der Waals surface area (Å²) < 4.78 is 26.0. The Bertz CT molecular complexity index is 477. The van der Waals surface area contributed by atoms with Gasteiger partial charge in [0.1, 0.15) is 0 Å². The number of piperazine rings is 1. The molecule has 0 aromatic heterocycles. The third kappa shape index (κ3) is 3.24. The third-order valence-corrected chi connectivity index (χ3v) is 6.34. The van der Waals surface area contributed by atoms with E-state index >= 15 is 0 Å². The zero-order valence-corrected chi connectivity index (χ0v) is 12.9. The molecule has 1 aliphatic carbocycles. The largest absolute Gasteiger partial charge is 0.409 e. The van der Waals surface area contributed by atoms with Gasteiger partial charge in [0.15, 0.2) is 5.84 Å². The first-order chi connectivity index (χ1) is 9.27. The van der Waals surface area contributed by atoms with E-state index in [0.29, 0.717) is 32.1 Å². The second kappa shape index (κ2) is 5.50. The van der Waals surface area contributed by atoms with Crippen molar-refractivity contribution in [1.82, 2.24) is 9.21 Å². The van der Waals surface area contributed by atoms with Crippen LogP contribution in [0.1, 0.15) is 26.7 Å². The molecule has 7 nitrogen and oxygen atoms in total. The molecule has 1 saturated carbocycles. The fourth-order valence-corrected chi connectivity index (χ4v) is 4.36. The van der Waals surface area contributed by atoms with Crippen LogP contribution in [0.2, 0.25) is 0 Å². The molecule has 0 radical (unpaired) electrons. The lowest BCUT2D eigenvalue weighted by atomic mass is 10.0. The van der Waals surface area contributed by atoms with E-state index in [2.05, 4.69) is 5.16 Å². The minimum Gasteiger partial charge on any atom is -0.409 e. The third-order valence-electron chi connectivity index (χ3n) is 4.30. The fourth-order valence-electron chi connectivity index (χ4n) is 2.50. The Kier molecular flexibility index (Phi) is 4.27. The van der Waals surface area contributed by atoms with E-state index in [1.807, 2.05) is 18.7 Å². The van der Waals surface area contributed by atoms with Gasteiger partial charge in [-0.3, -0.25) is 4.90 Å². The van der Waals surface area contributed by atoms with Gasteiger partial charge in [0.2, 0.25) is 10.0 Å². The van der Waals surface area contributed by atoms with Gasteiger partial charge in [0.05, 0.1) is 11.3 Å². The summed E-state index contributed by atoms with van der Waals surface area (Å²) in [6.45, 7) is 5.86. The number of nitrogens with zero attached hydrogens (tertiary/aromatic N) is 3. The molecule has 1 heterocycles. The summed E-state index contributed by atoms with van der Waals surface area (Å²) in [5, 5.41) is 11.9. The zero-order chi connectivity index (χ0) is 15.0. The molecule has 2 rings (SSSR count). The topological polar surface area (TPSA) is 99.2 Å². The molecular formula is C12H24N4O3S. The number of amidine groups is 1. The van der Waals surface area contributed by atoms with E-state index < -0.39 is 15.6 Å². The van der Waals surface area contributed by atoms with E-state index in [1.54, 1.807) is 4.31 Å². The molecule has 3 N–H and O–H groups in total. The summed E-state index contributed by atoms with van der Waals surface area (Å²) in [5.41, 5.74) is 5.13. The Morgan fingerprint density at radius 1 is 1.30 bits per heavy atom. The van der Waals surface area contributed by atoms with Crippen LogP contribution < -0.4 is 5.73 Å². The van der Waals surface area contributed by atoms with Gasteiger partial charge in [-0.05, 0) is 32.6 Å². The lowest BCUT2D eigenvalue weighted by Crippen LogP contribution is -2.60. The first-order valence-electron chi connectivity index (χ1n) is 6.98. The highest BCUT2D eigenvalue weighted by atomic mass is 32.2. The summed E-state index contributed by atoms with van der Waals surface area (Å²) in [7, 11) is -3.12. The SMILES string of the molecule is CC(C)(C(N)=NO)N1CCN(S(=O)(=O)CC2CC2)CC1. The number of hydrogen-bond donors (Lipinski definition) is 2. The van der Waals surface area contributed by atoms with Crippen LogP contribution in [-0.4, -0.2) is 66.1 Å². The van der Waals surface area contributed by atoms with Crippen molar-refractivity contribution in [3.05, 3.63) is 0 Å². The average Bonchev–Trinajstić information content (AvgIpc) is 3.21. The van der Waals surface area contributed by atoms with Crippen molar-refractivity contribution in [3.8, 4) is 0 Å². The van der Waals surface area contributed by atoms with Crippen molar-refractivity contribution in [2.75, 3.05) is 31.9 Å². The molecule has 1 aliphatic heterocycles. The smallest absolute Gasteiger partial charge is 0.214 e. The molecule has 0 spiro atoms. The minimum atomic E-state index is -3.12. The maximum atomic E-state index is 12.2. The molecule has 0 unspecified atom stereocenters. The Morgan fingerprint density at radius 2 is 1.85 bits per heavy atom. The van der Waals surface area contributed by atoms with Crippen LogP contribution in [0.15, 0.2) is 5.16 Å².